The summed E-state index contributed by atoms with van der Waals surface area (Å²) in [6.45, 7) is 4.05. The van der Waals surface area contributed by atoms with Crippen LogP contribution in [0.3, 0.4) is 0 Å². The first-order valence-corrected chi connectivity index (χ1v) is 5.52. The third-order valence-electron chi connectivity index (χ3n) is 2.40. The second-order valence-corrected chi connectivity index (χ2v) is 3.72. The lowest BCUT2D eigenvalue weighted by atomic mass is 10.0. The van der Waals surface area contributed by atoms with Gasteiger partial charge in [-0.1, -0.05) is 56.2 Å². The van der Waals surface area contributed by atoms with Gasteiger partial charge in [0, 0.05) is 5.56 Å². The number of Topliss-reactive ketones (excluding diaryl/α,β-unsaturated/α-hetero) is 1. The average molecular weight is 202 g/mol. The summed E-state index contributed by atoms with van der Waals surface area (Å²) >= 11 is 0. The average Bonchev–Trinajstić information content (AvgIpc) is 2.29. The maximum Gasteiger partial charge on any atom is 0.188 e. The van der Waals surface area contributed by atoms with Gasteiger partial charge in [0.1, 0.15) is 0 Å². The monoisotopic (exact) mass is 202 g/mol. The zero-order valence-electron chi connectivity index (χ0n) is 9.49. The molecule has 0 aromatic heterocycles. The summed E-state index contributed by atoms with van der Waals surface area (Å²) in [7, 11) is 0. The second kappa shape index (κ2) is 6.18. The molecule has 0 N–H and O–H groups in total. The van der Waals surface area contributed by atoms with Crippen LogP contribution in [0.4, 0.5) is 0 Å². The van der Waals surface area contributed by atoms with E-state index in [4.69, 9.17) is 0 Å². The Labute approximate surface area is 91.8 Å². The van der Waals surface area contributed by atoms with Gasteiger partial charge in [-0.3, -0.25) is 4.79 Å². The highest BCUT2D eigenvalue weighted by molar-refractivity contribution is 6.08. The Kier molecular flexibility index (Phi) is 4.82. The van der Waals surface area contributed by atoms with Gasteiger partial charge in [0.2, 0.25) is 0 Å². The van der Waals surface area contributed by atoms with Crippen molar-refractivity contribution < 1.29 is 4.79 Å². The van der Waals surface area contributed by atoms with Crippen molar-refractivity contribution in [3.8, 4) is 0 Å². The minimum atomic E-state index is 0.145. The first-order valence-electron chi connectivity index (χ1n) is 5.52. The molecule has 0 aliphatic carbocycles. The summed E-state index contributed by atoms with van der Waals surface area (Å²) in [6, 6.07) is 9.44. The van der Waals surface area contributed by atoms with Crippen LogP contribution in [-0.2, 0) is 0 Å². The summed E-state index contributed by atoms with van der Waals surface area (Å²) in [4.78, 5) is 11.9. The molecular formula is C14H18O. The van der Waals surface area contributed by atoms with Gasteiger partial charge >= 0.3 is 0 Å². The highest BCUT2D eigenvalue weighted by Gasteiger charge is 2.05. The number of rotatable bonds is 5. The van der Waals surface area contributed by atoms with Gasteiger partial charge < -0.3 is 0 Å². The lowest BCUT2D eigenvalue weighted by Gasteiger charge is -2.00. The normalized spacial score (nSPS) is 11.5. The molecule has 0 fully saturated rings. The fourth-order valence-corrected chi connectivity index (χ4v) is 1.43. The number of carbonyl (C=O) groups excluding carboxylic acids is 1. The molecule has 0 saturated heterocycles. The molecule has 0 spiro atoms. The Balaban J connectivity index is 2.65. The van der Waals surface area contributed by atoms with Gasteiger partial charge in [0.15, 0.2) is 5.78 Å². The van der Waals surface area contributed by atoms with Crippen LogP contribution in [-0.4, -0.2) is 5.78 Å². The fourth-order valence-electron chi connectivity index (χ4n) is 1.43. The predicted octanol–water partition coefficient (Wildman–Crippen LogP) is 4.01. The van der Waals surface area contributed by atoms with Crippen LogP contribution < -0.4 is 0 Å². The first-order chi connectivity index (χ1) is 7.25. The van der Waals surface area contributed by atoms with E-state index in [1.807, 2.05) is 43.3 Å². The molecule has 1 nitrogen and oxygen atoms in total. The van der Waals surface area contributed by atoms with Crippen molar-refractivity contribution in [3.05, 3.63) is 47.5 Å². The minimum Gasteiger partial charge on any atom is -0.289 e. The van der Waals surface area contributed by atoms with Crippen LogP contribution in [0, 0.1) is 0 Å². The minimum absolute atomic E-state index is 0.145. The van der Waals surface area contributed by atoms with E-state index in [1.54, 1.807) is 0 Å². The summed E-state index contributed by atoms with van der Waals surface area (Å²) < 4.78 is 0. The van der Waals surface area contributed by atoms with Crippen LogP contribution in [0.2, 0.25) is 0 Å². The highest BCUT2D eigenvalue weighted by Crippen LogP contribution is 2.09. The Morgan fingerprint density at radius 2 is 1.93 bits per heavy atom. The van der Waals surface area contributed by atoms with E-state index in [9.17, 15) is 4.79 Å². The smallest absolute Gasteiger partial charge is 0.188 e. The van der Waals surface area contributed by atoms with E-state index in [2.05, 4.69) is 6.92 Å². The zero-order chi connectivity index (χ0) is 11.1. The van der Waals surface area contributed by atoms with E-state index in [0.29, 0.717) is 0 Å². The van der Waals surface area contributed by atoms with Gasteiger partial charge in [-0.25, -0.2) is 0 Å². The molecular weight excluding hydrogens is 184 g/mol. The largest absolute Gasteiger partial charge is 0.289 e. The fraction of sp³-hybridized carbons (Fsp3) is 0.357. The van der Waals surface area contributed by atoms with Crippen molar-refractivity contribution in [3.63, 3.8) is 0 Å². The molecule has 15 heavy (non-hydrogen) atoms. The molecule has 1 heteroatoms. The van der Waals surface area contributed by atoms with Gasteiger partial charge in [-0.15, -0.1) is 0 Å². The predicted molar refractivity (Wildman–Crippen MR) is 64.1 cm³/mol. The van der Waals surface area contributed by atoms with Crippen molar-refractivity contribution >= 4 is 5.78 Å². The third kappa shape index (κ3) is 3.70. The summed E-state index contributed by atoms with van der Waals surface area (Å²) in [5.74, 6) is 0.145. The molecule has 0 aliphatic rings. The van der Waals surface area contributed by atoms with E-state index in [0.717, 1.165) is 24.0 Å². The molecule has 0 unspecified atom stereocenters. The van der Waals surface area contributed by atoms with Crippen molar-refractivity contribution in [2.45, 2.75) is 33.1 Å². The van der Waals surface area contributed by atoms with Crippen LogP contribution in [0.25, 0.3) is 0 Å². The van der Waals surface area contributed by atoms with Crippen LogP contribution in [0.15, 0.2) is 42.0 Å². The molecule has 1 aromatic carbocycles. The molecule has 0 bridgehead atoms. The highest BCUT2D eigenvalue weighted by atomic mass is 16.1. The van der Waals surface area contributed by atoms with Crippen LogP contribution >= 0.6 is 0 Å². The topological polar surface area (TPSA) is 17.1 Å². The Morgan fingerprint density at radius 3 is 2.53 bits per heavy atom. The number of allylic oxidation sites excluding steroid dienone is 2. The van der Waals surface area contributed by atoms with Crippen LogP contribution in [0.5, 0.6) is 0 Å². The molecule has 0 aliphatic heterocycles. The molecule has 0 amide bonds. The third-order valence-corrected chi connectivity index (χ3v) is 2.40. The number of hydrogen-bond donors (Lipinski definition) is 0. The maximum absolute atomic E-state index is 11.9. The molecule has 80 valence electrons. The quantitative estimate of drug-likeness (QED) is 0.400. The summed E-state index contributed by atoms with van der Waals surface area (Å²) in [5, 5.41) is 0. The van der Waals surface area contributed by atoms with Gasteiger partial charge in [0.05, 0.1) is 0 Å². The van der Waals surface area contributed by atoms with E-state index in [-0.39, 0.29) is 5.78 Å². The SMILES string of the molecule is CCCC/C=C(\C)C(=O)c1ccccc1. The van der Waals surface area contributed by atoms with Crippen molar-refractivity contribution in [1.82, 2.24) is 0 Å². The lowest BCUT2D eigenvalue weighted by molar-refractivity contribution is 0.103. The van der Waals surface area contributed by atoms with E-state index in [1.165, 1.54) is 6.42 Å². The maximum atomic E-state index is 11.9. The summed E-state index contributed by atoms with van der Waals surface area (Å²) in [6.07, 6.45) is 5.36. The zero-order valence-corrected chi connectivity index (χ0v) is 9.49. The molecule has 0 atom stereocenters. The van der Waals surface area contributed by atoms with Crippen LogP contribution in [0.1, 0.15) is 43.5 Å². The Morgan fingerprint density at radius 1 is 1.27 bits per heavy atom. The molecule has 1 rings (SSSR count). The molecule has 0 heterocycles. The Bertz CT molecular complexity index is 336. The summed E-state index contributed by atoms with van der Waals surface area (Å²) in [5.41, 5.74) is 1.64. The number of unbranched alkanes of at least 4 members (excludes halogenated alkanes) is 2. The van der Waals surface area contributed by atoms with Crippen molar-refractivity contribution in [1.29, 1.82) is 0 Å². The van der Waals surface area contributed by atoms with E-state index >= 15 is 0 Å². The van der Waals surface area contributed by atoms with Gasteiger partial charge in [-0.05, 0) is 18.9 Å². The number of carbonyl (C=O) groups is 1. The number of hydrogen-bond acceptors (Lipinski definition) is 1. The standard InChI is InChI=1S/C14H18O/c1-3-4-6-9-12(2)14(15)13-10-7-5-8-11-13/h5,7-11H,3-4,6H2,1-2H3/b12-9+. The second-order valence-electron chi connectivity index (χ2n) is 3.72. The Hall–Kier alpha value is -1.37. The molecule has 1 aromatic rings. The van der Waals surface area contributed by atoms with Crippen molar-refractivity contribution in [2.75, 3.05) is 0 Å². The first kappa shape index (κ1) is 11.7. The number of ketones is 1. The van der Waals surface area contributed by atoms with E-state index < -0.39 is 0 Å². The van der Waals surface area contributed by atoms with Gasteiger partial charge in [-0.2, -0.15) is 0 Å². The molecule has 0 radical (unpaired) electrons. The number of benzene rings is 1. The van der Waals surface area contributed by atoms with Gasteiger partial charge in [0.25, 0.3) is 0 Å². The molecule has 0 saturated carbocycles. The van der Waals surface area contributed by atoms with Crippen molar-refractivity contribution in [2.24, 2.45) is 0 Å². The lowest BCUT2D eigenvalue weighted by Crippen LogP contribution is -1.99.